The molecule has 0 radical (unpaired) electrons. The lowest BCUT2D eigenvalue weighted by Gasteiger charge is -2.11. The topological polar surface area (TPSA) is 38.3 Å². The van der Waals surface area contributed by atoms with Gasteiger partial charge in [-0.1, -0.05) is 28.1 Å². The minimum Gasteiger partial charge on any atom is -0.495 e. The number of ether oxygens (including phenoxy) is 1. The maximum absolute atomic E-state index is 12.2. The van der Waals surface area contributed by atoms with E-state index < -0.39 is 0 Å². The minimum atomic E-state index is -0.159. The van der Waals surface area contributed by atoms with Crippen LogP contribution in [0.5, 0.6) is 5.75 Å². The van der Waals surface area contributed by atoms with Crippen LogP contribution in [0.3, 0.4) is 0 Å². The van der Waals surface area contributed by atoms with Crippen LogP contribution in [0.1, 0.15) is 21.5 Å². The molecular formula is C16H16BrNO2. The molecule has 2 rings (SSSR count). The van der Waals surface area contributed by atoms with Crippen molar-refractivity contribution in [2.75, 3.05) is 12.4 Å². The monoisotopic (exact) mass is 333 g/mol. The summed E-state index contributed by atoms with van der Waals surface area (Å²) >= 11 is 3.43. The van der Waals surface area contributed by atoms with Gasteiger partial charge in [0.1, 0.15) is 5.75 Å². The number of hydrogen-bond acceptors (Lipinski definition) is 2. The van der Waals surface area contributed by atoms with Gasteiger partial charge in [0.15, 0.2) is 0 Å². The van der Waals surface area contributed by atoms with Gasteiger partial charge < -0.3 is 10.1 Å². The molecule has 0 fully saturated rings. The van der Waals surface area contributed by atoms with E-state index in [1.807, 2.05) is 44.2 Å². The van der Waals surface area contributed by atoms with Crippen molar-refractivity contribution in [2.24, 2.45) is 0 Å². The summed E-state index contributed by atoms with van der Waals surface area (Å²) in [7, 11) is 1.59. The number of rotatable bonds is 3. The molecule has 0 unspecified atom stereocenters. The van der Waals surface area contributed by atoms with Crippen LogP contribution in [0.4, 0.5) is 5.69 Å². The highest BCUT2D eigenvalue weighted by atomic mass is 79.9. The number of aryl methyl sites for hydroxylation is 2. The lowest BCUT2D eigenvalue weighted by Crippen LogP contribution is -2.12. The number of halogens is 1. The Bertz CT molecular complexity index is 653. The molecule has 3 nitrogen and oxygen atoms in total. The Morgan fingerprint density at radius 2 is 1.90 bits per heavy atom. The number of carbonyl (C=O) groups is 1. The lowest BCUT2D eigenvalue weighted by molar-refractivity contribution is 0.102. The molecule has 0 aliphatic rings. The third kappa shape index (κ3) is 3.20. The van der Waals surface area contributed by atoms with E-state index in [0.29, 0.717) is 17.0 Å². The fraction of sp³-hybridized carbons (Fsp3) is 0.188. The molecule has 0 aliphatic carbocycles. The van der Waals surface area contributed by atoms with E-state index in [1.54, 1.807) is 13.2 Å². The van der Waals surface area contributed by atoms with Gasteiger partial charge in [-0.15, -0.1) is 0 Å². The number of hydrogen-bond donors (Lipinski definition) is 1. The zero-order valence-corrected chi connectivity index (χ0v) is 13.2. The van der Waals surface area contributed by atoms with Crippen LogP contribution in [0, 0.1) is 13.8 Å². The molecule has 0 bridgehead atoms. The summed E-state index contributed by atoms with van der Waals surface area (Å²) in [6, 6.07) is 11.2. The summed E-state index contributed by atoms with van der Waals surface area (Å²) in [4.78, 5) is 12.2. The molecule has 0 saturated heterocycles. The Morgan fingerprint density at radius 1 is 1.15 bits per heavy atom. The van der Waals surface area contributed by atoms with Crippen molar-refractivity contribution in [3.05, 3.63) is 57.6 Å². The van der Waals surface area contributed by atoms with Gasteiger partial charge in [-0.3, -0.25) is 4.79 Å². The van der Waals surface area contributed by atoms with Crippen molar-refractivity contribution in [1.29, 1.82) is 0 Å². The van der Waals surface area contributed by atoms with Crippen LogP contribution in [0.2, 0.25) is 0 Å². The van der Waals surface area contributed by atoms with Crippen LogP contribution >= 0.6 is 15.9 Å². The summed E-state index contributed by atoms with van der Waals surface area (Å²) < 4.78 is 6.20. The maximum atomic E-state index is 12.2. The van der Waals surface area contributed by atoms with Crippen molar-refractivity contribution >= 4 is 27.5 Å². The fourth-order valence-electron chi connectivity index (χ4n) is 1.83. The Morgan fingerprint density at radius 3 is 2.55 bits per heavy atom. The average molecular weight is 334 g/mol. The first-order valence-electron chi connectivity index (χ1n) is 6.23. The lowest BCUT2D eigenvalue weighted by atomic mass is 10.1. The third-order valence-electron chi connectivity index (χ3n) is 3.04. The highest BCUT2D eigenvalue weighted by Crippen LogP contribution is 2.26. The molecule has 2 aromatic carbocycles. The summed E-state index contributed by atoms with van der Waals surface area (Å²) in [5, 5.41) is 2.87. The molecule has 2 aromatic rings. The van der Waals surface area contributed by atoms with E-state index >= 15 is 0 Å². The molecule has 0 aromatic heterocycles. The minimum absolute atomic E-state index is 0.159. The number of carbonyl (C=O) groups excluding carboxylic acids is 1. The molecular weight excluding hydrogens is 318 g/mol. The summed E-state index contributed by atoms with van der Waals surface area (Å²) in [5.74, 6) is 0.498. The quantitative estimate of drug-likeness (QED) is 0.907. The highest BCUT2D eigenvalue weighted by Gasteiger charge is 2.10. The van der Waals surface area contributed by atoms with Gasteiger partial charge >= 0.3 is 0 Å². The van der Waals surface area contributed by atoms with Gasteiger partial charge in [-0.05, 0) is 49.2 Å². The second-order valence-electron chi connectivity index (χ2n) is 4.62. The van der Waals surface area contributed by atoms with Gasteiger partial charge in [0.2, 0.25) is 0 Å². The number of methoxy groups -OCH3 is 1. The van der Waals surface area contributed by atoms with E-state index in [9.17, 15) is 4.79 Å². The van der Waals surface area contributed by atoms with Gasteiger partial charge in [0.05, 0.1) is 12.8 Å². The third-order valence-corrected chi connectivity index (χ3v) is 3.89. The predicted octanol–water partition coefficient (Wildman–Crippen LogP) is 4.33. The summed E-state index contributed by atoms with van der Waals surface area (Å²) in [6.45, 7) is 3.96. The van der Waals surface area contributed by atoms with Gasteiger partial charge in [-0.25, -0.2) is 0 Å². The highest BCUT2D eigenvalue weighted by molar-refractivity contribution is 9.10. The zero-order chi connectivity index (χ0) is 14.7. The van der Waals surface area contributed by atoms with Crippen molar-refractivity contribution in [3.8, 4) is 5.75 Å². The first-order chi connectivity index (χ1) is 9.51. The summed E-state index contributed by atoms with van der Waals surface area (Å²) in [6.07, 6.45) is 0. The molecule has 1 amide bonds. The van der Waals surface area contributed by atoms with E-state index in [4.69, 9.17) is 4.74 Å². The van der Waals surface area contributed by atoms with E-state index in [-0.39, 0.29) is 5.91 Å². The Hall–Kier alpha value is -1.81. The van der Waals surface area contributed by atoms with Crippen LogP contribution in [0.15, 0.2) is 40.9 Å². The van der Waals surface area contributed by atoms with Crippen molar-refractivity contribution < 1.29 is 9.53 Å². The molecule has 0 aliphatic heterocycles. The van der Waals surface area contributed by atoms with Crippen LogP contribution in [-0.4, -0.2) is 13.0 Å². The molecule has 1 N–H and O–H groups in total. The number of nitrogens with one attached hydrogen (secondary N) is 1. The first-order valence-corrected chi connectivity index (χ1v) is 7.02. The van der Waals surface area contributed by atoms with Gasteiger partial charge in [-0.2, -0.15) is 0 Å². The van der Waals surface area contributed by atoms with Crippen LogP contribution in [0.25, 0.3) is 0 Å². The van der Waals surface area contributed by atoms with Gasteiger partial charge in [0.25, 0.3) is 5.91 Å². The second-order valence-corrected chi connectivity index (χ2v) is 5.48. The maximum Gasteiger partial charge on any atom is 0.255 e. The van der Waals surface area contributed by atoms with Crippen molar-refractivity contribution in [2.45, 2.75) is 13.8 Å². The molecule has 0 saturated carbocycles. The van der Waals surface area contributed by atoms with Crippen molar-refractivity contribution in [1.82, 2.24) is 0 Å². The van der Waals surface area contributed by atoms with E-state index in [0.717, 1.165) is 15.6 Å². The molecule has 4 heteroatoms. The average Bonchev–Trinajstić information content (AvgIpc) is 2.43. The molecule has 20 heavy (non-hydrogen) atoms. The Balaban J connectivity index is 2.25. The molecule has 104 valence electrons. The van der Waals surface area contributed by atoms with Gasteiger partial charge in [0, 0.05) is 10.0 Å². The second kappa shape index (κ2) is 6.09. The van der Waals surface area contributed by atoms with E-state index in [1.165, 1.54) is 0 Å². The van der Waals surface area contributed by atoms with Crippen molar-refractivity contribution in [3.63, 3.8) is 0 Å². The standard InChI is InChI=1S/C16H16BrNO2/c1-10-4-7-14(15(8-10)20-3)18-16(19)12-6-5-11(2)13(17)9-12/h4-9H,1-3H3,(H,18,19). The van der Waals surface area contributed by atoms with Crippen LogP contribution in [-0.2, 0) is 0 Å². The zero-order valence-electron chi connectivity index (χ0n) is 11.7. The number of benzene rings is 2. The van der Waals surface area contributed by atoms with E-state index in [2.05, 4.69) is 21.2 Å². The molecule has 0 heterocycles. The Labute approximate surface area is 127 Å². The summed E-state index contributed by atoms with van der Waals surface area (Å²) in [5.41, 5.74) is 3.44. The number of amides is 1. The smallest absolute Gasteiger partial charge is 0.255 e. The SMILES string of the molecule is COc1cc(C)ccc1NC(=O)c1ccc(C)c(Br)c1. The molecule has 0 atom stereocenters. The first kappa shape index (κ1) is 14.6. The largest absolute Gasteiger partial charge is 0.495 e. The number of anilines is 1. The molecule has 0 spiro atoms. The normalized spacial score (nSPS) is 10.2. The predicted molar refractivity (Wildman–Crippen MR) is 84.6 cm³/mol. The van der Waals surface area contributed by atoms with Crippen LogP contribution < -0.4 is 10.1 Å². The Kier molecular flexibility index (Phi) is 4.45. The fourth-order valence-corrected chi connectivity index (χ4v) is 2.21.